The molecule has 2 aromatic carbocycles. The lowest BCUT2D eigenvalue weighted by molar-refractivity contribution is 0.110. The zero-order valence-electron chi connectivity index (χ0n) is 13.9. The Kier molecular flexibility index (Phi) is 7.40. The molecule has 2 aromatic rings. The van der Waals surface area contributed by atoms with Crippen LogP contribution in [-0.4, -0.2) is 46.6 Å². The molecule has 0 fully saturated rings. The highest BCUT2D eigenvalue weighted by Gasteiger charge is 2.21. The molecule has 0 aromatic heterocycles. The van der Waals surface area contributed by atoms with Gasteiger partial charge in [0.1, 0.15) is 0 Å². The Hall–Kier alpha value is -2.41. The molecule has 6 heteroatoms. The molecule has 3 atom stereocenters. The number of aliphatic hydroxyl groups is 2. The van der Waals surface area contributed by atoms with Crippen LogP contribution >= 0.6 is 0 Å². The normalized spacial score (nSPS) is 14.5. The minimum atomic E-state index is -1.18. The van der Waals surface area contributed by atoms with Crippen molar-refractivity contribution in [1.29, 1.82) is 0 Å². The fourth-order valence-corrected chi connectivity index (χ4v) is 2.61. The van der Waals surface area contributed by atoms with E-state index in [0.717, 1.165) is 11.1 Å². The van der Waals surface area contributed by atoms with Crippen molar-refractivity contribution in [2.45, 2.75) is 24.7 Å². The number of benzene rings is 2. The number of nitrogens with one attached hydrogen (secondary N) is 2. The molecule has 1 amide bonds. The Bertz CT molecular complexity index is 636. The van der Waals surface area contributed by atoms with E-state index in [1.165, 1.54) is 0 Å². The summed E-state index contributed by atoms with van der Waals surface area (Å²) in [6.07, 6.45) is -2.39. The van der Waals surface area contributed by atoms with Gasteiger partial charge >= 0.3 is 6.09 Å². The maximum absolute atomic E-state index is 11.0. The number of amides is 1. The molecule has 0 saturated carbocycles. The molecule has 6 nitrogen and oxygen atoms in total. The largest absolute Gasteiger partial charge is 0.465 e. The van der Waals surface area contributed by atoms with Crippen molar-refractivity contribution in [3.8, 4) is 0 Å². The van der Waals surface area contributed by atoms with E-state index in [9.17, 15) is 15.0 Å². The summed E-state index contributed by atoms with van der Waals surface area (Å²) < 4.78 is 0. The molecule has 0 spiro atoms. The molecular weight excluding hydrogens is 320 g/mol. The van der Waals surface area contributed by atoms with Crippen LogP contribution < -0.4 is 10.6 Å². The Labute approximate surface area is 147 Å². The highest BCUT2D eigenvalue weighted by atomic mass is 16.4. The van der Waals surface area contributed by atoms with E-state index < -0.39 is 24.3 Å². The van der Waals surface area contributed by atoms with Crippen LogP contribution in [0.25, 0.3) is 0 Å². The maximum atomic E-state index is 11.0. The second kappa shape index (κ2) is 9.78. The summed E-state index contributed by atoms with van der Waals surface area (Å²) in [5, 5.41) is 34.8. The minimum Gasteiger partial charge on any atom is -0.465 e. The van der Waals surface area contributed by atoms with Gasteiger partial charge in [-0.15, -0.1) is 0 Å². The van der Waals surface area contributed by atoms with Gasteiger partial charge in [0.25, 0.3) is 0 Å². The van der Waals surface area contributed by atoms with E-state index in [0.29, 0.717) is 6.42 Å². The Morgan fingerprint density at radius 1 is 0.920 bits per heavy atom. The first-order valence-corrected chi connectivity index (χ1v) is 8.21. The Balaban J connectivity index is 1.86. The van der Waals surface area contributed by atoms with Gasteiger partial charge in [0.15, 0.2) is 0 Å². The van der Waals surface area contributed by atoms with Gasteiger partial charge in [0.05, 0.1) is 18.2 Å². The smallest absolute Gasteiger partial charge is 0.404 e. The molecule has 0 radical (unpaired) electrons. The van der Waals surface area contributed by atoms with Gasteiger partial charge in [-0.3, -0.25) is 0 Å². The molecule has 0 aliphatic heterocycles. The molecule has 0 aliphatic carbocycles. The van der Waals surface area contributed by atoms with Gasteiger partial charge in [-0.1, -0.05) is 60.7 Å². The van der Waals surface area contributed by atoms with E-state index in [4.69, 9.17) is 5.11 Å². The highest BCUT2D eigenvalue weighted by molar-refractivity contribution is 5.65. The molecule has 25 heavy (non-hydrogen) atoms. The summed E-state index contributed by atoms with van der Waals surface area (Å²) in [6, 6.07) is 18.0. The van der Waals surface area contributed by atoms with Crippen molar-refractivity contribution in [1.82, 2.24) is 10.6 Å². The predicted octanol–water partition coefficient (Wildman–Crippen LogP) is 1.55. The van der Waals surface area contributed by atoms with Gasteiger partial charge in [0.2, 0.25) is 0 Å². The third-order valence-electron chi connectivity index (χ3n) is 3.95. The van der Waals surface area contributed by atoms with Crippen LogP contribution in [0.5, 0.6) is 0 Å². The lowest BCUT2D eigenvalue weighted by atomic mass is 10.0. The molecular formula is C19H24N2O4. The van der Waals surface area contributed by atoms with Gasteiger partial charge in [-0.25, -0.2) is 4.79 Å². The van der Waals surface area contributed by atoms with Crippen molar-refractivity contribution < 1.29 is 20.1 Å². The highest BCUT2D eigenvalue weighted by Crippen LogP contribution is 2.11. The fraction of sp³-hybridized carbons (Fsp3) is 0.316. The van der Waals surface area contributed by atoms with Crippen LogP contribution in [0.2, 0.25) is 0 Å². The molecule has 5 N–H and O–H groups in total. The van der Waals surface area contributed by atoms with Crippen LogP contribution in [0.15, 0.2) is 60.7 Å². The van der Waals surface area contributed by atoms with Gasteiger partial charge in [-0.2, -0.15) is 0 Å². The molecule has 2 rings (SSSR count). The average Bonchev–Trinajstić information content (AvgIpc) is 2.62. The summed E-state index contributed by atoms with van der Waals surface area (Å²) >= 11 is 0. The predicted molar refractivity (Wildman–Crippen MR) is 95.4 cm³/mol. The molecule has 134 valence electrons. The molecule has 0 heterocycles. The molecule has 1 unspecified atom stereocenters. The zero-order valence-corrected chi connectivity index (χ0v) is 13.9. The lowest BCUT2D eigenvalue weighted by Crippen LogP contribution is -2.48. The van der Waals surface area contributed by atoms with Crippen molar-refractivity contribution in [3.05, 3.63) is 71.8 Å². The van der Waals surface area contributed by atoms with Crippen LogP contribution in [-0.2, 0) is 6.42 Å². The van der Waals surface area contributed by atoms with Gasteiger partial charge < -0.3 is 26.0 Å². The third-order valence-corrected chi connectivity index (χ3v) is 3.95. The summed E-state index contributed by atoms with van der Waals surface area (Å²) in [4.78, 5) is 11.0. The molecule has 0 bridgehead atoms. The average molecular weight is 344 g/mol. The molecule has 0 aliphatic rings. The lowest BCUT2D eigenvalue weighted by Gasteiger charge is -2.24. The number of rotatable bonds is 9. The fourth-order valence-electron chi connectivity index (χ4n) is 2.61. The Morgan fingerprint density at radius 3 is 2.12 bits per heavy atom. The number of carbonyl (C=O) groups is 1. The summed E-state index contributed by atoms with van der Waals surface area (Å²) in [6.45, 7) is 0.438. The summed E-state index contributed by atoms with van der Waals surface area (Å²) in [7, 11) is 0. The van der Waals surface area contributed by atoms with E-state index in [1.807, 2.05) is 60.7 Å². The van der Waals surface area contributed by atoms with Crippen molar-refractivity contribution in [3.63, 3.8) is 0 Å². The monoisotopic (exact) mass is 344 g/mol. The van der Waals surface area contributed by atoms with Crippen LogP contribution in [0.4, 0.5) is 4.79 Å². The maximum Gasteiger partial charge on any atom is 0.404 e. The van der Waals surface area contributed by atoms with Crippen molar-refractivity contribution >= 4 is 6.09 Å². The quantitative estimate of drug-likeness (QED) is 0.475. The van der Waals surface area contributed by atoms with Crippen molar-refractivity contribution in [2.24, 2.45) is 0 Å². The summed E-state index contributed by atoms with van der Waals surface area (Å²) in [5.41, 5.74) is 1.72. The van der Waals surface area contributed by atoms with Crippen LogP contribution in [0.3, 0.4) is 0 Å². The van der Waals surface area contributed by atoms with E-state index in [1.54, 1.807) is 0 Å². The first-order chi connectivity index (χ1) is 12.1. The van der Waals surface area contributed by atoms with E-state index >= 15 is 0 Å². The summed E-state index contributed by atoms with van der Waals surface area (Å²) in [5.74, 6) is 0. The number of hydrogen-bond donors (Lipinski definition) is 5. The van der Waals surface area contributed by atoms with E-state index in [2.05, 4.69) is 10.6 Å². The molecule has 0 saturated heterocycles. The third kappa shape index (κ3) is 6.54. The Morgan fingerprint density at radius 2 is 1.52 bits per heavy atom. The topological polar surface area (TPSA) is 102 Å². The number of hydrogen-bond acceptors (Lipinski definition) is 4. The standard InChI is InChI=1S/C19H24N2O4/c22-17(15-9-5-2-6-10-15)12-20-13-18(23)16(21-19(24)25)11-14-7-3-1-4-8-14/h1-10,16-18,20-23H,11-13H2,(H,24,25)/t16-,17?,18-/m0/s1. The number of aliphatic hydroxyl groups excluding tert-OH is 2. The van der Waals surface area contributed by atoms with Crippen molar-refractivity contribution in [2.75, 3.05) is 13.1 Å². The van der Waals surface area contributed by atoms with Gasteiger partial charge in [0, 0.05) is 13.1 Å². The first kappa shape index (κ1) is 18.9. The van der Waals surface area contributed by atoms with E-state index in [-0.39, 0.29) is 13.1 Å². The second-order valence-corrected chi connectivity index (χ2v) is 5.90. The van der Waals surface area contributed by atoms with Gasteiger partial charge in [-0.05, 0) is 17.5 Å². The first-order valence-electron chi connectivity index (χ1n) is 8.21. The minimum absolute atomic E-state index is 0.168. The zero-order chi connectivity index (χ0) is 18.1. The SMILES string of the molecule is O=C(O)N[C@@H](Cc1ccccc1)[C@@H](O)CNCC(O)c1ccccc1. The second-order valence-electron chi connectivity index (χ2n) is 5.90. The number of carboxylic acid groups (broad SMARTS) is 1. The van der Waals surface area contributed by atoms with Crippen LogP contribution in [0, 0.1) is 0 Å². The van der Waals surface area contributed by atoms with Crippen LogP contribution in [0.1, 0.15) is 17.2 Å².